The first-order valence-electron chi connectivity index (χ1n) is 8.79. The number of nitrogens with one attached hydrogen (secondary N) is 1. The van der Waals surface area contributed by atoms with Crippen LogP contribution in [0.4, 0.5) is 4.79 Å². The van der Waals surface area contributed by atoms with Gasteiger partial charge < -0.3 is 15.3 Å². The summed E-state index contributed by atoms with van der Waals surface area (Å²) in [6.07, 6.45) is 4.98. The predicted octanol–water partition coefficient (Wildman–Crippen LogP) is 3.28. The Morgan fingerprint density at radius 1 is 1.20 bits per heavy atom. The van der Waals surface area contributed by atoms with Crippen molar-refractivity contribution in [3.05, 3.63) is 65.5 Å². The van der Waals surface area contributed by atoms with Crippen molar-refractivity contribution in [2.24, 2.45) is 0 Å². The second kappa shape index (κ2) is 9.79. The molecular weight excluding hydrogens is 314 g/mol. The molecule has 0 saturated carbocycles. The van der Waals surface area contributed by atoms with Crippen molar-refractivity contribution in [3.63, 3.8) is 0 Å². The van der Waals surface area contributed by atoms with Gasteiger partial charge in [0.15, 0.2) is 0 Å². The maximum absolute atomic E-state index is 12.8. The van der Waals surface area contributed by atoms with E-state index < -0.39 is 0 Å². The van der Waals surface area contributed by atoms with E-state index in [0.29, 0.717) is 19.5 Å². The standard InChI is InChI=1S/C20H27N3O2/c1-3-23(14-6-7-15-24)20(25)22-19(17-10-12-21-13-11-17)18-9-5-4-8-16(18)2/h4-5,8-13,19,24H,3,6-7,14-15H2,1-2H3,(H,22,25). The summed E-state index contributed by atoms with van der Waals surface area (Å²) in [6.45, 7) is 5.44. The number of carbonyl (C=O) groups is 1. The van der Waals surface area contributed by atoms with Gasteiger partial charge in [-0.1, -0.05) is 24.3 Å². The minimum atomic E-state index is -0.219. The number of aliphatic hydroxyl groups excluding tert-OH is 1. The van der Waals surface area contributed by atoms with E-state index in [1.807, 2.05) is 37.3 Å². The van der Waals surface area contributed by atoms with Crippen LogP contribution in [0.3, 0.4) is 0 Å². The van der Waals surface area contributed by atoms with E-state index in [9.17, 15) is 4.79 Å². The van der Waals surface area contributed by atoms with Gasteiger partial charge in [-0.3, -0.25) is 4.98 Å². The molecule has 0 aliphatic carbocycles. The molecule has 0 radical (unpaired) electrons. The van der Waals surface area contributed by atoms with Gasteiger partial charge in [0.1, 0.15) is 0 Å². The zero-order chi connectivity index (χ0) is 18.1. The van der Waals surface area contributed by atoms with Gasteiger partial charge in [-0.05, 0) is 55.5 Å². The van der Waals surface area contributed by atoms with Crippen LogP contribution in [-0.2, 0) is 0 Å². The van der Waals surface area contributed by atoms with Gasteiger partial charge in [0.2, 0.25) is 0 Å². The Morgan fingerprint density at radius 3 is 2.56 bits per heavy atom. The fourth-order valence-corrected chi connectivity index (χ4v) is 2.84. The number of aliphatic hydroxyl groups is 1. The van der Waals surface area contributed by atoms with Crippen molar-refractivity contribution in [3.8, 4) is 0 Å². The van der Waals surface area contributed by atoms with E-state index in [-0.39, 0.29) is 18.7 Å². The molecule has 0 bridgehead atoms. The summed E-state index contributed by atoms with van der Waals surface area (Å²) in [5.74, 6) is 0. The molecular formula is C20H27N3O2. The van der Waals surface area contributed by atoms with Crippen LogP contribution in [0.25, 0.3) is 0 Å². The first kappa shape index (κ1) is 18.9. The molecule has 2 N–H and O–H groups in total. The molecule has 0 saturated heterocycles. The lowest BCUT2D eigenvalue weighted by Gasteiger charge is -2.27. The fourth-order valence-electron chi connectivity index (χ4n) is 2.84. The quantitative estimate of drug-likeness (QED) is 0.724. The monoisotopic (exact) mass is 341 g/mol. The Morgan fingerprint density at radius 2 is 1.92 bits per heavy atom. The van der Waals surface area contributed by atoms with Gasteiger partial charge in [0, 0.05) is 32.1 Å². The number of nitrogens with zero attached hydrogens (tertiary/aromatic N) is 2. The lowest BCUT2D eigenvalue weighted by Crippen LogP contribution is -2.42. The summed E-state index contributed by atoms with van der Waals surface area (Å²) >= 11 is 0. The van der Waals surface area contributed by atoms with E-state index in [2.05, 4.69) is 23.3 Å². The van der Waals surface area contributed by atoms with Crippen molar-refractivity contribution in [2.75, 3.05) is 19.7 Å². The minimum Gasteiger partial charge on any atom is -0.396 e. The molecule has 5 nitrogen and oxygen atoms in total. The van der Waals surface area contributed by atoms with Crippen LogP contribution in [0.5, 0.6) is 0 Å². The lowest BCUT2D eigenvalue weighted by atomic mass is 9.96. The maximum atomic E-state index is 12.8. The highest BCUT2D eigenvalue weighted by molar-refractivity contribution is 5.75. The number of aryl methyl sites for hydroxylation is 1. The molecule has 1 atom stereocenters. The number of unbranched alkanes of at least 4 members (excludes halogenated alkanes) is 1. The molecule has 0 aliphatic rings. The zero-order valence-corrected chi connectivity index (χ0v) is 15.0. The molecule has 0 spiro atoms. The minimum absolute atomic E-state index is 0.0921. The molecule has 2 amide bonds. The highest BCUT2D eigenvalue weighted by Crippen LogP contribution is 2.24. The van der Waals surface area contributed by atoms with Crippen molar-refractivity contribution < 1.29 is 9.90 Å². The highest BCUT2D eigenvalue weighted by Gasteiger charge is 2.21. The number of rotatable bonds is 8. The first-order valence-corrected chi connectivity index (χ1v) is 8.79. The number of carbonyl (C=O) groups excluding carboxylic acids is 1. The Labute approximate surface area is 149 Å². The van der Waals surface area contributed by atoms with Crippen molar-refractivity contribution in [1.29, 1.82) is 0 Å². The average Bonchev–Trinajstić information content (AvgIpc) is 2.64. The molecule has 1 aromatic carbocycles. The molecule has 134 valence electrons. The second-order valence-electron chi connectivity index (χ2n) is 6.03. The summed E-state index contributed by atoms with van der Waals surface area (Å²) in [4.78, 5) is 18.6. The first-order chi connectivity index (χ1) is 12.2. The molecule has 2 rings (SSSR count). The number of urea groups is 1. The van der Waals surface area contributed by atoms with Gasteiger partial charge in [0.05, 0.1) is 6.04 Å². The summed E-state index contributed by atoms with van der Waals surface area (Å²) < 4.78 is 0. The van der Waals surface area contributed by atoms with Gasteiger partial charge in [-0.2, -0.15) is 0 Å². The zero-order valence-electron chi connectivity index (χ0n) is 15.0. The van der Waals surface area contributed by atoms with Gasteiger partial charge in [-0.15, -0.1) is 0 Å². The van der Waals surface area contributed by atoms with Crippen molar-refractivity contribution in [1.82, 2.24) is 15.2 Å². The topological polar surface area (TPSA) is 65.5 Å². The van der Waals surface area contributed by atoms with Crippen LogP contribution < -0.4 is 5.32 Å². The fraction of sp³-hybridized carbons (Fsp3) is 0.400. The highest BCUT2D eigenvalue weighted by atomic mass is 16.3. The third-order valence-electron chi connectivity index (χ3n) is 4.31. The molecule has 2 aromatic rings. The number of hydrogen-bond donors (Lipinski definition) is 2. The number of aromatic nitrogens is 1. The summed E-state index contributed by atoms with van der Waals surface area (Å²) in [5, 5.41) is 12.1. The van der Waals surface area contributed by atoms with Gasteiger partial charge in [-0.25, -0.2) is 4.79 Å². The van der Waals surface area contributed by atoms with Crippen LogP contribution in [0.15, 0.2) is 48.8 Å². The summed E-state index contributed by atoms with van der Waals surface area (Å²) in [7, 11) is 0. The lowest BCUT2D eigenvalue weighted by molar-refractivity contribution is 0.194. The van der Waals surface area contributed by atoms with Crippen molar-refractivity contribution >= 4 is 6.03 Å². The smallest absolute Gasteiger partial charge is 0.318 e. The SMILES string of the molecule is CCN(CCCCO)C(=O)NC(c1ccncc1)c1ccccc1C. The second-order valence-corrected chi connectivity index (χ2v) is 6.03. The van der Waals surface area contributed by atoms with E-state index in [4.69, 9.17) is 5.11 Å². The Hall–Kier alpha value is -2.40. The summed E-state index contributed by atoms with van der Waals surface area (Å²) in [5.41, 5.74) is 3.21. The Kier molecular flexibility index (Phi) is 7.41. The number of hydrogen-bond acceptors (Lipinski definition) is 3. The Balaban J connectivity index is 2.22. The van der Waals surface area contributed by atoms with Crippen LogP contribution in [-0.4, -0.2) is 40.7 Å². The van der Waals surface area contributed by atoms with Crippen LogP contribution in [0.2, 0.25) is 0 Å². The van der Waals surface area contributed by atoms with Crippen LogP contribution >= 0.6 is 0 Å². The molecule has 1 unspecified atom stereocenters. The van der Waals surface area contributed by atoms with E-state index in [0.717, 1.165) is 23.1 Å². The molecule has 1 aromatic heterocycles. The largest absolute Gasteiger partial charge is 0.396 e. The maximum Gasteiger partial charge on any atom is 0.318 e. The van der Waals surface area contributed by atoms with Crippen molar-refractivity contribution in [2.45, 2.75) is 32.7 Å². The summed E-state index contributed by atoms with van der Waals surface area (Å²) in [6, 6.07) is 11.6. The van der Waals surface area contributed by atoms with E-state index >= 15 is 0 Å². The van der Waals surface area contributed by atoms with E-state index in [1.165, 1.54) is 0 Å². The van der Waals surface area contributed by atoms with Crippen LogP contribution in [0.1, 0.15) is 42.5 Å². The molecule has 1 heterocycles. The van der Waals surface area contributed by atoms with Crippen LogP contribution in [0, 0.1) is 6.92 Å². The number of benzene rings is 1. The van der Waals surface area contributed by atoms with E-state index in [1.54, 1.807) is 17.3 Å². The third-order valence-corrected chi connectivity index (χ3v) is 4.31. The number of amides is 2. The third kappa shape index (κ3) is 5.29. The average molecular weight is 341 g/mol. The number of pyridine rings is 1. The Bertz CT molecular complexity index is 661. The van der Waals surface area contributed by atoms with Gasteiger partial charge in [0.25, 0.3) is 0 Å². The predicted molar refractivity (Wildman–Crippen MR) is 99.4 cm³/mol. The van der Waals surface area contributed by atoms with Gasteiger partial charge >= 0.3 is 6.03 Å². The molecule has 25 heavy (non-hydrogen) atoms. The molecule has 5 heteroatoms. The normalized spacial score (nSPS) is 11.8. The molecule has 0 aliphatic heterocycles. The molecule has 0 fully saturated rings.